The van der Waals surface area contributed by atoms with Gasteiger partial charge in [-0.15, -0.1) is 4.72 Å². The summed E-state index contributed by atoms with van der Waals surface area (Å²) in [6.07, 6.45) is -0.104. The molecule has 0 saturated carbocycles. The molecule has 0 aliphatic heterocycles. The van der Waals surface area contributed by atoms with Crippen LogP contribution in [0.25, 0.3) is 0 Å². The van der Waals surface area contributed by atoms with Crippen molar-refractivity contribution < 1.29 is 13.4 Å². The van der Waals surface area contributed by atoms with E-state index in [0.717, 1.165) is 6.04 Å². The van der Waals surface area contributed by atoms with Crippen LogP contribution in [0.15, 0.2) is 0 Å². The van der Waals surface area contributed by atoms with Crippen molar-refractivity contribution in [2.75, 3.05) is 6.61 Å². The van der Waals surface area contributed by atoms with E-state index in [-0.39, 0.29) is 27.0 Å². The van der Waals surface area contributed by atoms with Gasteiger partial charge < -0.3 is 13.4 Å². The zero-order valence-corrected chi connectivity index (χ0v) is 27.5. The fourth-order valence-corrected chi connectivity index (χ4v) is 7.57. The smallest absolute Gasteiger partial charge is 0.192 e. The van der Waals surface area contributed by atoms with Gasteiger partial charge in [-0.3, -0.25) is 0 Å². The van der Waals surface area contributed by atoms with E-state index < -0.39 is 36.1 Å². The molecule has 0 heterocycles. The second-order valence-electron chi connectivity index (χ2n) is 14.4. The summed E-state index contributed by atoms with van der Waals surface area (Å²) in [6, 6.07) is 1.03. The van der Waals surface area contributed by atoms with Crippen LogP contribution in [0.5, 0.6) is 0 Å². The molecule has 0 amide bonds. The highest BCUT2D eigenvalue weighted by Crippen LogP contribution is 2.40. The Morgan fingerprint density at radius 2 is 1.19 bits per heavy atom. The molecule has 0 aliphatic rings. The van der Waals surface area contributed by atoms with Crippen molar-refractivity contribution in [2.45, 2.75) is 141 Å². The molecular formula is C23H55NO3SSi3. The van der Waals surface area contributed by atoms with Gasteiger partial charge >= 0.3 is 0 Å². The summed E-state index contributed by atoms with van der Waals surface area (Å²) in [6.45, 7) is 36.6. The van der Waals surface area contributed by atoms with E-state index in [1.54, 1.807) is 0 Å². The molecule has 0 bridgehead atoms. The van der Waals surface area contributed by atoms with Crippen LogP contribution in [-0.4, -0.2) is 52.8 Å². The second kappa shape index (κ2) is 10.6. The second-order valence-corrected chi connectivity index (χ2v) is 31.5. The summed E-state index contributed by atoms with van der Waals surface area (Å²) in [7, 11) is -5.41. The highest BCUT2D eigenvalue weighted by atomic mass is 32.2. The molecule has 0 aromatic rings. The molecule has 3 atom stereocenters. The Labute approximate surface area is 201 Å². The summed E-state index contributed by atoms with van der Waals surface area (Å²) in [5, 5.41) is 0.250. The average Bonchev–Trinajstić information content (AvgIpc) is 2.45. The zero-order chi connectivity index (χ0) is 25.3. The Bertz CT molecular complexity index is 558. The average molecular weight is 510 g/mol. The molecule has 1 N–H and O–H groups in total. The predicted molar refractivity (Wildman–Crippen MR) is 148 cm³/mol. The van der Waals surface area contributed by atoms with Crippen LogP contribution < -0.4 is 4.72 Å². The van der Waals surface area contributed by atoms with Crippen molar-refractivity contribution in [2.24, 2.45) is 0 Å². The molecule has 0 spiro atoms. The van der Waals surface area contributed by atoms with Gasteiger partial charge in [-0.1, -0.05) is 61.2 Å². The fraction of sp³-hybridized carbons (Fsp3) is 1.00. The third kappa shape index (κ3) is 10.8. The lowest BCUT2D eigenvalue weighted by atomic mass is 10.2. The van der Waals surface area contributed by atoms with Gasteiger partial charge in [0.1, 0.15) is 4.75 Å². The standard InChI is InChI=1S/C23H55NO3SSi3/c1-21(2,3)28(25)24-19(18-29(10,11)12)20(27-31(15,16)23(7,8)9)17-26-30(13,14)22(4,5)6/h19-20,24H,17-18H2,1-16H3/t19-,20+,28?/m0/s1. The lowest BCUT2D eigenvalue weighted by molar-refractivity contribution is 0.0864. The predicted octanol–water partition coefficient (Wildman–Crippen LogP) is 7.16. The van der Waals surface area contributed by atoms with Gasteiger partial charge in [-0.2, -0.15) is 0 Å². The summed E-state index contributed by atoms with van der Waals surface area (Å²) in [5.74, 6) is 0. The fourth-order valence-electron chi connectivity index (χ4n) is 2.52. The molecule has 1 unspecified atom stereocenters. The summed E-state index contributed by atoms with van der Waals surface area (Å²) in [5.41, 5.74) is 0. The van der Waals surface area contributed by atoms with Gasteiger partial charge in [0.05, 0.1) is 18.8 Å². The molecule has 0 aromatic heterocycles. The monoisotopic (exact) mass is 509 g/mol. The van der Waals surface area contributed by atoms with E-state index in [0.29, 0.717) is 6.61 Å². The van der Waals surface area contributed by atoms with Crippen molar-refractivity contribution in [3.8, 4) is 0 Å². The highest BCUT2D eigenvalue weighted by Gasteiger charge is 2.45. The Balaban J connectivity index is 6.08. The molecule has 8 heteroatoms. The molecule has 0 rings (SSSR count). The number of hydrogen-bond donors (Lipinski definition) is 1. The van der Waals surface area contributed by atoms with E-state index in [9.17, 15) is 4.55 Å². The van der Waals surface area contributed by atoms with Crippen LogP contribution in [0.3, 0.4) is 0 Å². The van der Waals surface area contributed by atoms with Crippen molar-refractivity contribution in [3.05, 3.63) is 0 Å². The topological polar surface area (TPSA) is 53.5 Å². The molecule has 188 valence electrons. The number of rotatable bonds is 10. The van der Waals surface area contributed by atoms with E-state index in [4.69, 9.17) is 8.85 Å². The van der Waals surface area contributed by atoms with Crippen LogP contribution in [0, 0.1) is 0 Å². The first-order chi connectivity index (χ1) is 13.3. The summed E-state index contributed by atoms with van der Waals surface area (Å²) < 4.78 is 30.0. The molecule has 0 radical (unpaired) electrons. The van der Waals surface area contributed by atoms with Crippen LogP contribution >= 0.6 is 0 Å². The quantitative estimate of drug-likeness (QED) is 0.251. The van der Waals surface area contributed by atoms with Gasteiger partial charge in [0, 0.05) is 19.4 Å². The lowest BCUT2D eigenvalue weighted by Crippen LogP contribution is -2.58. The van der Waals surface area contributed by atoms with E-state index in [1.807, 2.05) is 20.8 Å². The zero-order valence-electron chi connectivity index (χ0n) is 23.7. The molecule has 0 fully saturated rings. The minimum atomic E-state index is -2.03. The third-order valence-corrected chi connectivity index (χ3v) is 19.1. The first kappa shape index (κ1) is 31.8. The van der Waals surface area contributed by atoms with Crippen molar-refractivity contribution in [1.82, 2.24) is 4.72 Å². The Hall–Kier alpha value is 0.841. The SMILES string of the molecule is CC(C)(C)[S+]([O-])N[C@@H](C[Si](C)(C)C)[C@@H](CO[Si](C)(C)C(C)(C)C)O[Si](C)(C)C(C)(C)C. The minimum absolute atomic E-state index is 0.0191. The summed E-state index contributed by atoms with van der Waals surface area (Å²) >= 11 is -1.15. The minimum Gasteiger partial charge on any atom is -0.598 e. The summed E-state index contributed by atoms with van der Waals surface area (Å²) in [4.78, 5) is 0. The Morgan fingerprint density at radius 1 is 0.774 bits per heavy atom. The van der Waals surface area contributed by atoms with Crippen LogP contribution in [-0.2, 0) is 20.2 Å². The van der Waals surface area contributed by atoms with Crippen LogP contribution in [0.1, 0.15) is 62.3 Å². The molecule has 0 aliphatic carbocycles. The van der Waals surface area contributed by atoms with Crippen molar-refractivity contribution in [1.29, 1.82) is 0 Å². The van der Waals surface area contributed by atoms with Gasteiger partial charge in [0.2, 0.25) is 0 Å². The highest BCUT2D eigenvalue weighted by molar-refractivity contribution is 7.90. The van der Waals surface area contributed by atoms with Gasteiger partial charge in [0.15, 0.2) is 16.6 Å². The largest absolute Gasteiger partial charge is 0.598 e. The normalized spacial score (nSPS) is 18.1. The van der Waals surface area contributed by atoms with Gasteiger partial charge in [0.25, 0.3) is 0 Å². The Kier molecular flexibility index (Phi) is 10.9. The molecule has 4 nitrogen and oxygen atoms in total. The molecular weight excluding hydrogens is 455 g/mol. The third-order valence-electron chi connectivity index (χ3n) is 6.76. The first-order valence-corrected chi connectivity index (χ1v) is 22.5. The van der Waals surface area contributed by atoms with Gasteiger partial charge in [-0.05, 0) is 63.1 Å². The molecule has 0 aromatic carbocycles. The van der Waals surface area contributed by atoms with Crippen LogP contribution in [0.2, 0.25) is 61.9 Å². The first-order valence-electron chi connectivity index (χ1n) is 11.8. The molecule has 31 heavy (non-hydrogen) atoms. The maximum atomic E-state index is 13.1. The number of hydrogen-bond acceptors (Lipinski definition) is 4. The Morgan fingerprint density at radius 3 is 1.52 bits per heavy atom. The number of nitrogens with one attached hydrogen (secondary N) is 1. The lowest BCUT2D eigenvalue weighted by Gasteiger charge is -2.44. The molecule has 0 saturated heterocycles. The van der Waals surface area contributed by atoms with Crippen molar-refractivity contribution in [3.63, 3.8) is 0 Å². The van der Waals surface area contributed by atoms with E-state index in [1.165, 1.54) is 0 Å². The van der Waals surface area contributed by atoms with Crippen LogP contribution in [0.4, 0.5) is 0 Å². The van der Waals surface area contributed by atoms with E-state index >= 15 is 0 Å². The maximum Gasteiger partial charge on any atom is 0.192 e. The van der Waals surface area contributed by atoms with Crippen molar-refractivity contribution >= 4 is 36.1 Å². The maximum absolute atomic E-state index is 13.1. The van der Waals surface area contributed by atoms with Gasteiger partial charge in [-0.25, -0.2) is 0 Å². The van der Waals surface area contributed by atoms with E-state index in [2.05, 4.69) is 92.1 Å².